The molecule has 7 N–H and O–H groups in total. The van der Waals surface area contributed by atoms with E-state index in [2.05, 4.69) is 10.6 Å². The molecule has 396 valence electrons. The number of hydrogen-bond acceptors (Lipinski definition) is 17. The third kappa shape index (κ3) is 14.0. The van der Waals surface area contributed by atoms with Crippen molar-refractivity contribution in [3.8, 4) is 11.5 Å². The maximum absolute atomic E-state index is 14.6. The van der Waals surface area contributed by atoms with E-state index < -0.39 is 102 Å². The van der Waals surface area contributed by atoms with Gasteiger partial charge in [0, 0.05) is 69.3 Å². The number of fused-ring (bicyclic) bond motifs is 1. The van der Waals surface area contributed by atoms with Gasteiger partial charge in [0.1, 0.15) is 30.0 Å². The van der Waals surface area contributed by atoms with Crippen LogP contribution in [0, 0.1) is 17.8 Å². The Bertz CT molecular complexity index is 1810. The molecule has 3 saturated heterocycles. The predicted octanol–water partition coefficient (Wildman–Crippen LogP) is 3.64. The van der Waals surface area contributed by atoms with E-state index in [0.29, 0.717) is 56.3 Å². The van der Waals surface area contributed by atoms with Gasteiger partial charge in [-0.1, -0.05) is 20.8 Å². The topological polar surface area (TPSA) is 240 Å². The van der Waals surface area contributed by atoms with Crippen molar-refractivity contribution >= 4 is 17.7 Å². The number of benzene rings is 1. The molecule has 0 aromatic heterocycles. The van der Waals surface area contributed by atoms with E-state index in [0.717, 1.165) is 6.42 Å². The molecule has 1 aromatic carbocycles. The Kier molecular flexibility index (Phi) is 20.0. The minimum atomic E-state index is -1.93. The molecule has 5 rings (SSSR count). The number of carbonyl (C=O) groups excluding carboxylic acids is 2. The molecular weight excluding hydrogens is 897 g/mol. The van der Waals surface area contributed by atoms with Gasteiger partial charge in [0.05, 0.1) is 54.7 Å². The zero-order chi connectivity index (χ0) is 51.2. The monoisotopic (exact) mass is 983 g/mol. The number of aliphatic hydroxyl groups excluding tert-OH is 3. The lowest BCUT2D eigenvalue weighted by Gasteiger charge is -2.48. The Hall–Kier alpha value is -2.92. The van der Waals surface area contributed by atoms with Gasteiger partial charge in [0.25, 0.3) is 0 Å². The minimum absolute atomic E-state index is 0.0950. The van der Waals surface area contributed by atoms with Crippen molar-refractivity contribution in [1.82, 2.24) is 15.1 Å². The minimum Gasteiger partial charge on any atom is -0.490 e. The first-order valence-electron chi connectivity index (χ1n) is 25.0. The fraction of sp³-hybridized carbons (Fsp3) is 0.840. The Labute approximate surface area is 409 Å². The number of aliphatic hydroxyl groups is 5. The molecule has 3 fully saturated rings. The van der Waals surface area contributed by atoms with Gasteiger partial charge in [-0.2, -0.15) is 0 Å². The van der Waals surface area contributed by atoms with Gasteiger partial charge >= 0.3 is 12.0 Å². The second kappa shape index (κ2) is 24.2. The number of urea groups is 1. The van der Waals surface area contributed by atoms with Gasteiger partial charge in [-0.15, -0.1) is 0 Å². The van der Waals surface area contributed by atoms with Crippen LogP contribution in [-0.4, -0.2) is 192 Å². The van der Waals surface area contributed by atoms with Gasteiger partial charge < -0.3 is 79.0 Å². The second-order valence-electron chi connectivity index (χ2n) is 21.2. The lowest BCUT2D eigenvalue weighted by Crippen LogP contribution is -2.60. The molecule has 0 bridgehead atoms. The molecule has 0 saturated carbocycles. The Morgan fingerprint density at radius 2 is 1.62 bits per heavy atom. The van der Waals surface area contributed by atoms with Crippen LogP contribution in [0.3, 0.4) is 0 Å². The third-order valence-electron chi connectivity index (χ3n) is 14.9. The maximum Gasteiger partial charge on any atom is 0.319 e. The smallest absolute Gasteiger partial charge is 0.319 e. The van der Waals surface area contributed by atoms with Crippen molar-refractivity contribution in [2.45, 2.75) is 198 Å². The number of likely N-dealkylation sites (N-methyl/N-ethyl adjacent to an activating group) is 1. The quantitative estimate of drug-likeness (QED) is 0.117. The summed E-state index contributed by atoms with van der Waals surface area (Å²) in [4.78, 5) is 31.6. The number of anilines is 1. The molecule has 4 heterocycles. The summed E-state index contributed by atoms with van der Waals surface area (Å²) < 4.78 is 49.6. The fourth-order valence-electron chi connectivity index (χ4n) is 10.8. The Morgan fingerprint density at radius 3 is 2.28 bits per heavy atom. The van der Waals surface area contributed by atoms with Crippen molar-refractivity contribution in [1.29, 1.82) is 0 Å². The van der Waals surface area contributed by atoms with Crippen molar-refractivity contribution in [3.05, 3.63) is 18.2 Å². The summed E-state index contributed by atoms with van der Waals surface area (Å²) in [7, 11) is 5.25. The summed E-state index contributed by atoms with van der Waals surface area (Å²) >= 11 is 0. The number of esters is 1. The van der Waals surface area contributed by atoms with Crippen LogP contribution in [0.25, 0.3) is 0 Å². The van der Waals surface area contributed by atoms with Crippen LogP contribution in [-0.2, 0) is 33.2 Å². The molecule has 19 nitrogen and oxygen atoms in total. The summed E-state index contributed by atoms with van der Waals surface area (Å²) in [6.07, 6.45) is -7.94. The van der Waals surface area contributed by atoms with Crippen LogP contribution < -0.4 is 20.1 Å². The first-order valence-corrected chi connectivity index (χ1v) is 25.0. The number of methoxy groups -OCH3 is 1. The summed E-state index contributed by atoms with van der Waals surface area (Å²) in [5.74, 6) is -1.74. The van der Waals surface area contributed by atoms with E-state index in [1.54, 1.807) is 66.7 Å². The van der Waals surface area contributed by atoms with Crippen molar-refractivity contribution in [2.75, 3.05) is 59.4 Å². The van der Waals surface area contributed by atoms with Crippen LogP contribution in [0.2, 0.25) is 0 Å². The number of ether oxygens (including phenoxy) is 8. The zero-order valence-corrected chi connectivity index (χ0v) is 43.4. The van der Waals surface area contributed by atoms with Crippen LogP contribution in [0.15, 0.2) is 18.2 Å². The number of nitrogens with one attached hydrogen (secondary N) is 2. The molecule has 4 aliphatic rings. The van der Waals surface area contributed by atoms with Gasteiger partial charge in [0.15, 0.2) is 24.1 Å². The average Bonchev–Trinajstić information content (AvgIpc) is 3.53. The molecule has 0 unspecified atom stereocenters. The van der Waals surface area contributed by atoms with Gasteiger partial charge in [-0.3, -0.25) is 9.69 Å². The van der Waals surface area contributed by atoms with E-state index >= 15 is 0 Å². The van der Waals surface area contributed by atoms with E-state index in [4.69, 9.17) is 37.9 Å². The van der Waals surface area contributed by atoms with E-state index in [1.807, 2.05) is 37.7 Å². The number of hydrogen-bond donors (Lipinski definition) is 7. The highest BCUT2D eigenvalue weighted by Crippen LogP contribution is 2.40. The normalized spacial score (nSPS) is 41.0. The average molecular weight is 983 g/mol. The molecule has 1 aromatic rings. The summed E-state index contributed by atoms with van der Waals surface area (Å²) in [6, 6.07) is 3.78. The number of amides is 2. The Morgan fingerprint density at radius 1 is 0.942 bits per heavy atom. The van der Waals surface area contributed by atoms with Crippen LogP contribution >= 0.6 is 0 Å². The molecule has 0 aliphatic carbocycles. The molecule has 0 spiro atoms. The summed E-state index contributed by atoms with van der Waals surface area (Å²) in [5, 5.41) is 65.8. The molecule has 4 aliphatic heterocycles. The second-order valence-corrected chi connectivity index (χ2v) is 21.2. The highest BCUT2D eigenvalue weighted by molar-refractivity contribution is 5.89. The first-order chi connectivity index (χ1) is 32.3. The van der Waals surface area contributed by atoms with Crippen molar-refractivity contribution < 1.29 is 73.0 Å². The standard InChI is InChI=1S/C50H86N4O15/c1-14-38-50(10,61)42(56)32(6)54(20-15-19-51-47(59)52-34-17-18-36-37(24-34)64-22-16-21-63-36)27-28(2)25-48(8,60)44(69-46-40(55)35(53(11)12)23-29(3)65-46)30(4)41(31(5)45(58)67-38)68-39-26-49(9,62-13)43(57)33(7)66-39/h17-18,24,28-33,35,38-44,46,55-57,60-61H,14-16,19-23,25-27H2,1-13H3,(H2,51,52,59)/t28-,29-,30+,31-,32-,33+,35+,38-,39+,40-,41+,42-,43+,44-,46+,48-,49-,50-/m1/s1. The molecule has 2 amide bonds. The van der Waals surface area contributed by atoms with Gasteiger partial charge in [-0.25, -0.2) is 4.79 Å². The fourth-order valence-corrected chi connectivity index (χ4v) is 10.8. The van der Waals surface area contributed by atoms with Gasteiger partial charge in [-0.05, 0) is 106 Å². The van der Waals surface area contributed by atoms with Gasteiger partial charge in [0.2, 0.25) is 0 Å². The molecule has 0 radical (unpaired) electrons. The van der Waals surface area contributed by atoms with E-state index in [9.17, 15) is 35.1 Å². The molecule has 18 atom stereocenters. The lowest BCUT2D eigenvalue weighted by atomic mass is 9.77. The van der Waals surface area contributed by atoms with E-state index in [-0.39, 0.29) is 43.9 Å². The number of nitrogens with zero attached hydrogens (tertiary/aromatic N) is 2. The largest absolute Gasteiger partial charge is 0.490 e. The highest BCUT2D eigenvalue weighted by Gasteiger charge is 2.53. The first kappa shape index (κ1) is 57.0. The zero-order valence-electron chi connectivity index (χ0n) is 43.4. The third-order valence-corrected chi connectivity index (χ3v) is 14.9. The summed E-state index contributed by atoms with van der Waals surface area (Å²) in [5.41, 5.74) is -4.13. The highest BCUT2D eigenvalue weighted by atomic mass is 16.7. The number of cyclic esters (lactones) is 1. The van der Waals surface area contributed by atoms with Crippen LogP contribution in [0.4, 0.5) is 10.5 Å². The SMILES string of the molecule is CC[C@H]1OC(=O)[C@H](C)[C@@H](O[C@H]2C[C@@](C)(OC)[C@@H](O)[C@H](C)O2)[C@H](C)[C@@H](O[C@@H]2O[C@H](C)C[C@H](N(C)C)[C@H]2O)[C@](C)(O)C[C@@H](C)CN(CCCNC(=O)Nc2ccc3c(c2)OCCCO3)[C@H](C)[C@@H](O)[C@]1(C)O. The summed E-state index contributed by atoms with van der Waals surface area (Å²) in [6.45, 7) is 19.5. The van der Waals surface area contributed by atoms with Crippen molar-refractivity contribution in [3.63, 3.8) is 0 Å². The predicted molar refractivity (Wildman–Crippen MR) is 257 cm³/mol. The van der Waals surface area contributed by atoms with Crippen LogP contribution in [0.5, 0.6) is 11.5 Å². The molecule has 69 heavy (non-hydrogen) atoms. The number of rotatable bonds is 12. The number of carbonyl (C=O) groups is 2. The molecular formula is C50H86N4O15. The Balaban J connectivity index is 1.46. The lowest BCUT2D eigenvalue weighted by molar-refractivity contribution is -0.318. The van der Waals surface area contributed by atoms with Crippen LogP contribution in [0.1, 0.15) is 108 Å². The molecule has 19 heteroatoms. The van der Waals surface area contributed by atoms with E-state index in [1.165, 1.54) is 14.0 Å². The van der Waals surface area contributed by atoms with Crippen molar-refractivity contribution in [2.24, 2.45) is 17.8 Å². The maximum atomic E-state index is 14.6.